The smallest absolute Gasteiger partial charge is 0.312 e. The van der Waals surface area contributed by atoms with Gasteiger partial charge >= 0.3 is 6.03 Å². The Bertz CT molecular complexity index is 668. The summed E-state index contributed by atoms with van der Waals surface area (Å²) < 4.78 is 0. The Labute approximate surface area is 115 Å². The number of urea groups is 1. The van der Waals surface area contributed by atoms with Gasteiger partial charge in [-0.15, -0.1) is 6.58 Å². The number of hydrogen-bond acceptors (Lipinski definition) is 3. The molecule has 1 aromatic rings. The molecule has 0 saturated carbocycles. The van der Waals surface area contributed by atoms with Gasteiger partial charge in [-0.3, -0.25) is 14.9 Å². The lowest BCUT2D eigenvalue weighted by Gasteiger charge is -2.20. The molecule has 2 heterocycles. The average molecular weight is 271 g/mol. The first-order chi connectivity index (χ1) is 9.50. The molecule has 1 spiro atoms. The Morgan fingerprint density at radius 3 is 2.70 bits per heavy atom. The van der Waals surface area contributed by atoms with E-state index in [-0.39, 0.29) is 6.54 Å². The number of carbonyl (C=O) groups excluding carboxylic acids is 3. The van der Waals surface area contributed by atoms with Gasteiger partial charge in [0.25, 0.3) is 11.8 Å². The topological polar surface area (TPSA) is 78.5 Å². The van der Waals surface area contributed by atoms with Crippen LogP contribution in [0, 0.1) is 6.92 Å². The number of amides is 4. The van der Waals surface area contributed by atoms with Gasteiger partial charge in [-0.2, -0.15) is 0 Å². The van der Waals surface area contributed by atoms with E-state index in [0.717, 1.165) is 5.56 Å². The number of nitrogens with zero attached hydrogens (tertiary/aromatic N) is 1. The summed E-state index contributed by atoms with van der Waals surface area (Å²) in [6.45, 7) is 5.76. The molecule has 1 unspecified atom stereocenters. The summed E-state index contributed by atoms with van der Waals surface area (Å²) in [5.41, 5.74) is 0.400. The zero-order chi connectivity index (χ0) is 14.5. The standard InChI is InChI=1S/C14H13N3O3/c1-3-6-17-10-5-4-8(2)7-9(10)14(12(17)19)11(18)15-13(20)16-14/h3-5,7H,1,6H2,2H3,(H2,15,16,18,20). The lowest BCUT2D eigenvalue weighted by Crippen LogP contribution is -2.52. The van der Waals surface area contributed by atoms with E-state index in [1.165, 1.54) is 4.90 Å². The maximum atomic E-state index is 12.6. The summed E-state index contributed by atoms with van der Waals surface area (Å²) in [7, 11) is 0. The summed E-state index contributed by atoms with van der Waals surface area (Å²) in [6, 6.07) is 4.73. The molecule has 1 saturated heterocycles. The van der Waals surface area contributed by atoms with Gasteiger partial charge < -0.3 is 10.2 Å². The predicted octanol–water partition coefficient (Wildman–Crippen LogP) is 0.562. The van der Waals surface area contributed by atoms with Crippen LogP contribution in [-0.2, 0) is 15.1 Å². The zero-order valence-electron chi connectivity index (χ0n) is 10.9. The largest absolute Gasteiger partial charge is 0.323 e. The molecule has 6 heteroatoms. The summed E-state index contributed by atoms with van der Waals surface area (Å²) in [4.78, 5) is 37.8. The fourth-order valence-corrected chi connectivity index (χ4v) is 2.72. The van der Waals surface area contributed by atoms with E-state index in [2.05, 4.69) is 17.2 Å². The molecule has 0 aliphatic carbocycles. The van der Waals surface area contributed by atoms with Crippen LogP contribution in [0.4, 0.5) is 10.5 Å². The highest BCUT2D eigenvalue weighted by Crippen LogP contribution is 2.42. The van der Waals surface area contributed by atoms with Crippen molar-refractivity contribution in [3.63, 3.8) is 0 Å². The van der Waals surface area contributed by atoms with Gasteiger partial charge in [0.05, 0.1) is 5.69 Å². The number of rotatable bonds is 2. The molecule has 0 radical (unpaired) electrons. The van der Waals surface area contributed by atoms with E-state index in [4.69, 9.17) is 0 Å². The second-order valence-electron chi connectivity index (χ2n) is 4.88. The number of nitrogens with one attached hydrogen (secondary N) is 2. The SMILES string of the molecule is C=CCN1C(=O)C2(NC(=O)NC2=O)c2cc(C)ccc21. The van der Waals surface area contributed by atoms with E-state index in [0.29, 0.717) is 11.3 Å². The number of imide groups is 1. The number of aryl methyl sites for hydroxylation is 1. The van der Waals surface area contributed by atoms with Gasteiger partial charge in [0.1, 0.15) is 0 Å². The Morgan fingerprint density at radius 1 is 1.35 bits per heavy atom. The first kappa shape index (κ1) is 12.4. The van der Waals surface area contributed by atoms with Crippen molar-refractivity contribution in [1.29, 1.82) is 0 Å². The predicted molar refractivity (Wildman–Crippen MR) is 72.1 cm³/mol. The Kier molecular flexibility index (Phi) is 2.44. The summed E-state index contributed by atoms with van der Waals surface area (Å²) in [5.74, 6) is -1.09. The Hall–Kier alpha value is -2.63. The molecule has 20 heavy (non-hydrogen) atoms. The van der Waals surface area contributed by atoms with Crippen LogP contribution in [0.1, 0.15) is 11.1 Å². The van der Waals surface area contributed by atoms with Crippen molar-refractivity contribution in [2.45, 2.75) is 12.5 Å². The first-order valence-corrected chi connectivity index (χ1v) is 6.18. The number of anilines is 1. The number of fused-ring (bicyclic) bond motifs is 2. The highest BCUT2D eigenvalue weighted by Gasteiger charge is 2.61. The minimum Gasteiger partial charge on any atom is -0.312 e. The van der Waals surface area contributed by atoms with Crippen LogP contribution >= 0.6 is 0 Å². The third-order valence-electron chi connectivity index (χ3n) is 3.59. The molecular weight excluding hydrogens is 258 g/mol. The second kappa shape index (κ2) is 3.93. The van der Waals surface area contributed by atoms with Crippen LogP contribution in [0.2, 0.25) is 0 Å². The Balaban J connectivity index is 2.25. The van der Waals surface area contributed by atoms with Crippen molar-refractivity contribution in [3.8, 4) is 0 Å². The Morgan fingerprint density at radius 2 is 2.10 bits per heavy atom. The third kappa shape index (κ3) is 1.36. The number of hydrogen-bond donors (Lipinski definition) is 2. The van der Waals surface area contributed by atoms with Crippen molar-refractivity contribution >= 4 is 23.5 Å². The monoisotopic (exact) mass is 271 g/mol. The minimum absolute atomic E-state index is 0.278. The minimum atomic E-state index is -1.64. The quantitative estimate of drug-likeness (QED) is 0.469. The van der Waals surface area contributed by atoms with Crippen molar-refractivity contribution in [2.75, 3.05) is 11.4 Å². The summed E-state index contributed by atoms with van der Waals surface area (Å²) in [6.07, 6.45) is 1.58. The molecule has 1 aromatic carbocycles. The van der Waals surface area contributed by atoms with E-state index in [1.807, 2.05) is 13.0 Å². The van der Waals surface area contributed by atoms with Gasteiger partial charge in [-0.25, -0.2) is 4.79 Å². The molecule has 1 fully saturated rings. The highest BCUT2D eigenvalue weighted by molar-refractivity contribution is 6.27. The molecule has 0 bridgehead atoms. The first-order valence-electron chi connectivity index (χ1n) is 6.18. The van der Waals surface area contributed by atoms with Gasteiger partial charge in [-0.05, 0) is 13.0 Å². The molecule has 2 aliphatic rings. The molecule has 1 atom stereocenters. The van der Waals surface area contributed by atoms with Crippen LogP contribution in [0.5, 0.6) is 0 Å². The number of carbonyl (C=O) groups is 3. The van der Waals surface area contributed by atoms with Gasteiger partial charge in [0, 0.05) is 12.1 Å². The molecule has 102 valence electrons. The van der Waals surface area contributed by atoms with Crippen molar-refractivity contribution in [2.24, 2.45) is 0 Å². The molecule has 6 nitrogen and oxygen atoms in total. The van der Waals surface area contributed by atoms with E-state index in [9.17, 15) is 14.4 Å². The molecule has 3 rings (SSSR count). The van der Waals surface area contributed by atoms with Gasteiger partial charge in [0.2, 0.25) is 5.54 Å². The van der Waals surface area contributed by atoms with Crippen molar-refractivity contribution < 1.29 is 14.4 Å². The lowest BCUT2D eigenvalue weighted by molar-refractivity contribution is -0.133. The van der Waals surface area contributed by atoms with Crippen molar-refractivity contribution in [1.82, 2.24) is 10.6 Å². The van der Waals surface area contributed by atoms with Gasteiger partial charge in [-0.1, -0.05) is 23.8 Å². The maximum Gasteiger partial charge on any atom is 0.323 e. The average Bonchev–Trinajstić information content (AvgIpc) is 2.81. The van der Waals surface area contributed by atoms with Crippen LogP contribution in [0.25, 0.3) is 0 Å². The van der Waals surface area contributed by atoms with E-state index < -0.39 is 23.4 Å². The third-order valence-corrected chi connectivity index (χ3v) is 3.59. The molecule has 4 amide bonds. The lowest BCUT2D eigenvalue weighted by atomic mass is 9.90. The molecule has 0 aromatic heterocycles. The normalized spacial score (nSPS) is 23.9. The zero-order valence-corrected chi connectivity index (χ0v) is 10.9. The summed E-state index contributed by atoms with van der Waals surface area (Å²) in [5, 5.41) is 4.62. The number of benzene rings is 1. The summed E-state index contributed by atoms with van der Waals surface area (Å²) >= 11 is 0. The van der Waals surface area contributed by atoms with E-state index in [1.54, 1.807) is 18.2 Å². The van der Waals surface area contributed by atoms with Crippen LogP contribution in [-0.4, -0.2) is 24.4 Å². The van der Waals surface area contributed by atoms with Crippen LogP contribution in [0.3, 0.4) is 0 Å². The van der Waals surface area contributed by atoms with Crippen molar-refractivity contribution in [3.05, 3.63) is 42.0 Å². The van der Waals surface area contributed by atoms with Crippen LogP contribution in [0.15, 0.2) is 30.9 Å². The highest BCUT2D eigenvalue weighted by atomic mass is 16.2. The fourth-order valence-electron chi connectivity index (χ4n) is 2.72. The van der Waals surface area contributed by atoms with E-state index >= 15 is 0 Å². The molecule has 2 aliphatic heterocycles. The second-order valence-corrected chi connectivity index (χ2v) is 4.88. The fraction of sp³-hybridized carbons (Fsp3) is 0.214. The van der Waals surface area contributed by atoms with Gasteiger partial charge in [0.15, 0.2) is 0 Å². The molecule has 2 N–H and O–H groups in total. The molecular formula is C14H13N3O3. The maximum absolute atomic E-state index is 12.6. The van der Waals surface area contributed by atoms with Crippen LogP contribution < -0.4 is 15.5 Å².